The van der Waals surface area contributed by atoms with Crippen LogP contribution in [-0.4, -0.2) is 20.4 Å². The van der Waals surface area contributed by atoms with E-state index in [0.29, 0.717) is 10.9 Å². The summed E-state index contributed by atoms with van der Waals surface area (Å²) in [7, 11) is 0. The molecule has 1 aliphatic carbocycles. The van der Waals surface area contributed by atoms with Crippen LogP contribution in [0.4, 0.5) is 0 Å². The van der Waals surface area contributed by atoms with Crippen LogP contribution < -0.4 is 0 Å². The summed E-state index contributed by atoms with van der Waals surface area (Å²) in [5, 5.41) is 0.636. The molecular formula is C15H19Cl2N3. The highest BCUT2D eigenvalue weighted by atomic mass is 35.5. The van der Waals surface area contributed by atoms with Gasteiger partial charge in [0.2, 0.25) is 0 Å². The molecule has 0 bridgehead atoms. The number of alkyl halides is 1. The van der Waals surface area contributed by atoms with Crippen molar-refractivity contribution in [2.45, 2.75) is 45.1 Å². The largest absolute Gasteiger partial charge is 0.312 e. The topological polar surface area (TPSA) is 30.7 Å². The predicted molar refractivity (Wildman–Crippen MR) is 83.5 cm³/mol. The number of fused-ring (bicyclic) bond motifs is 1. The molecule has 0 aliphatic heterocycles. The highest BCUT2D eigenvalue weighted by Gasteiger charge is 2.18. The number of aryl methyl sites for hydroxylation is 1. The Hall–Kier alpha value is -0.800. The lowest BCUT2D eigenvalue weighted by atomic mass is 9.89. The summed E-state index contributed by atoms with van der Waals surface area (Å²) in [4.78, 5) is 9.13. The van der Waals surface area contributed by atoms with E-state index in [9.17, 15) is 0 Å². The molecule has 3 nitrogen and oxygen atoms in total. The minimum Gasteiger partial charge on any atom is -0.312 e. The maximum atomic E-state index is 6.01. The molecule has 3 rings (SSSR count). The first-order valence-electron chi connectivity index (χ1n) is 7.34. The molecule has 20 heavy (non-hydrogen) atoms. The number of nitrogens with zero attached hydrogens (tertiary/aromatic N) is 3. The maximum absolute atomic E-state index is 6.01. The van der Waals surface area contributed by atoms with Gasteiger partial charge in [-0.3, -0.25) is 0 Å². The lowest BCUT2D eigenvalue weighted by molar-refractivity contribution is 0.319. The first kappa shape index (κ1) is 14.2. The Morgan fingerprint density at radius 3 is 2.80 bits per heavy atom. The van der Waals surface area contributed by atoms with Crippen LogP contribution >= 0.6 is 23.2 Å². The van der Waals surface area contributed by atoms with Gasteiger partial charge >= 0.3 is 0 Å². The number of halogens is 2. The smallest absolute Gasteiger partial charge is 0.160 e. The van der Waals surface area contributed by atoms with Gasteiger partial charge in [-0.2, -0.15) is 0 Å². The zero-order valence-corrected chi connectivity index (χ0v) is 13.0. The number of pyridine rings is 1. The summed E-state index contributed by atoms with van der Waals surface area (Å²) in [6, 6.07) is 1.89. The van der Waals surface area contributed by atoms with Crippen molar-refractivity contribution in [2.24, 2.45) is 5.92 Å². The van der Waals surface area contributed by atoms with Gasteiger partial charge in [-0.05, 0) is 24.8 Å². The first-order chi connectivity index (χ1) is 9.78. The Morgan fingerprint density at radius 1 is 1.25 bits per heavy atom. The molecule has 0 amide bonds. The van der Waals surface area contributed by atoms with Gasteiger partial charge in [0.25, 0.3) is 0 Å². The normalized spacial score (nSPS) is 16.9. The average Bonchev–Trinajstić information content (AvgIpc) is 2.77. The van der Waals surface area contributed by atoms with Crippen LogP contribution in [0, 0.1) is 5.92 Å². The molecule has 1 aliphatic rings. The van der Waals surface area contributed by atoms with E-state index in [0.717, 1.165) is 35.9 Å². The molecule has 5 heteroatoms. The van der Waals surface area contributed by atoms with Gasteiger partial charge < -0.3 is 4.57 Å². The standard InChI is InChI=1S/C15H19Cl2N3/c16-7-6-14-19-13-8-12(17)9-18-15(13)20(14)10-11-4-2-1-3-5-11/h8-9,11H,1-7,10H2. The van der Waals surface area contributed by atoms with Gasteiger partial charge in [-0.25, -0.2) is 9.97 Å². The van der Waals surface area contributed by atoms with Crippen molar-refractivity contribution in [1.29, 1.82) is 0 Å². The second kappa shape index (κ2) is 6.31. The Kier molecular flexibility index (Phi) is 4.47. The van der Waals surface area contributed by atoms with Crippen molar-refractivity contribution in [3.8, 4) is 0 Å². The molecule has 0 saturated heterocycles. The summed E-state index contributed by atoms with van der Waals surface area (Å²) in [5.41, 5.74) is 1.83. The lowest BCUT2D eigenvalue weighted by Gasteiger charge is -2.22. The Morgan fingerprint density at radius 2 is 2.05 bits per heavy atom. The second-order valence-electron chi connectivity index (χ2n) is 5.58. The van der Waals surface area contributed by atoms with Crippen LogP contribution in [0.25, 0.3) is 11.2 Å². The van der Waals surface area contributed by atoms with Gasteiger partial charge in [0.1, 0.15) is 11.3 Å². The lowest BCUT2D eigenvalue weighted by Crippen LogP contribution is -2.16. The molecule has 2 heterocycles. The Labute approximate surface area is 129 Å². The molecule has 0 spiro atoms. The van der Waals surface area contributed by atoms with Gasteiger partial charge in [-0.15, -0.1) is 11.6 Å². The summed E-state index contributed by atoms with van der Waals surface area (Å²) in [5.74, 6) is 2.37. The summed E-state index contributed by atoms with van der Waals surface area (Å²) >= 11 is 11.9. The third kappa shape index (κ3) is 2.94. The van der Waals surface area contributed by atoms with E-state index in [1.54, 1.807) is 6.20 Å². The van der Waals surface area contributed by atoms with E-state index in [1.807, 2.05) is 6.07 Å². The third-order valence-corrected chi connectivity index (χ3v) is 4.51. The van der Waals surface area contributed by atoms with Gasteiger partial charge in [0.05, 0.1) is 5.02 Å². The van der Waals surface area contributed by atoms with Crippen molar-refractivity contribution < 1.29 is 0 Å². The van der Waals surface area contributed by atoms with Crippen LogP contribution in [0.3, 0.4) is 0 Å². The fourth-order valence-electron chi connectivity index (χ4n) is 3.13. The van der Waals surface area contributed by atoms with Crippen LogP contribution in [0.1, 0.15) is 37.9 Å². The van der Waals surface area contributed by atoms with Crippen LogP contribution in [0.15, 0.2) is 12.3 Å². The van der Waals surface area contributed by atoms with Gasteiger partial charge in [0, 0.05) is 25.0 Å². The zero-order chi connectivity index (χ0) is 13.9. The van der Waals surface area contributed by atoms with E-state index >= 15 is 0 Å². The number of imidazole rings is 1. The van der Waals surface area contributed by atoms with E-state index in [4.69, 9.17) is 23.2 Å². The molecule has 0 unspecified atom stereocenters. The van der Waals surface area contributed by atoms with Crippen LogP contribution in [0.2, 0.25) is 5.02 Å². The predicted octanol–water partition coefficient (Wildman–Crippen LogP) is 4.45. The molecule has 2 aromatic heterocycles. The highest BCUT2D eigenvalue weighted by Crippen LogP contribution is 2.27. The van der Waals surface area contributed by atoms with Crippen LogP contribution in [0.5, 0.6) is 0 Å². The van der Waals surface area contributed by atoms with Gasteiger partial charge in [-0.1, -0.05) is 30.9 Å². The number of hydrogen-bond acceptors (Lipinski definition) is 2. The maximum Gasteiger partial charge on any atom is 0.160 e. The Bertz CT molecular complexity index is 588. The molecular weight excluding hydrogens is 293 g/mol. The Balaban J connectivity index is 1.95. The molecule has 0 radical (unpaired) electrons. The monoisotopic (exact) mass is 311 g/mol. The quantitative estimate of drug-likeness (QED) is 0.781. The fraction of sp³-hybridized carbons (Fsp3) is 0.600. The number of aromatic nitrogens is 3. The molecule has 108 valence electrons. The molecule has 1 saturated carbocycles. The fourth-order valence-corrected chi connectivity index (χ4v) is 3.45. The summed E-state index contributed by atoms with van der Waals surface area (Å²) in [6.07, 6.45) is 9.18. The third-order valence-electron chi connectivity index (χ3n) is 4.11. The number of hydrogen-bond donors (Lipinski definition) is 0. The highest BCUT2D eigenvalue weighted by molar-refractivity contribution is 6.31. The molecule has 0 N–H and O–H groups in total. The number of rotatable bonds is 4. The molecule has 0 atom stereocenters. The van der Waals surface area contributed by atoms with Gasteiger partial charge in [0.15, 0.2) is 5.65 Å². The van der Waals surface area contributed by atoms with Crippen molar-refractivity contribution in [3.05, 3.63) is 23.1 Å². The first-order valence-corrected chi connectivity index (χ1v) is 8.26. The van der Waals surface area contributed by atoms with E-state index in [2.05, 4.69) is 14.5 Å². The average molecular weight is 312 g/mol. The molecule has 2 aromatic rings. The summed E-state index contributed by atoms with van der Waals surface area (Å²) in [6.45, 7) is 1.01. The molecule has 0 aromatic carbocycles. The van der Waals surface area contributed by atoms with Crippen molar-refractivity contribution in [3.63, 3.8) is 0 Å². The SMILES string of the molecule is ClCCc1nc2cc(Cl)cnc2n1CC1CCCCC1. The minimum absolute atomic E-state index is 0.585. The van der Waals surface area contributed by atoms with Crippen molar-refractivity contribution in [2.75, 3.05) is 5.88 Å². The van der Waals surface area contributed by atoms with Crippen molar-refractivity contribution >= 4 is 34.4 Å². The molecule has 1 fully saturated rings. The van der Waals surface area contributed by atoms with E-state index < -0.39 is 0 Å². The second-order valence-corrected chi connectivity index (χ2v) is 6.39. The van der Waals surface area contributed by atoms with E-state index in [-0.39, 0.29) is 0 Å². The minimum atomic E-state index is 0.585. The van der Waals surface area contributed by atoms with Crippen molar-refractivity contribution in [1.82, 2.24) is 14.5 Å². The summed E-state index contributed by atoms with van der Waals surface area (Å²) < 4.78 is 2.25. The van der Waals surface area contributed by atoms with Crippen LogP contribution in [-0.2, 0) is 13.0 Å². The van der Waals surface area contributed by atoms with E-state index in [1.165, 1.54) is 32.1 Å². The zero-order valence-electron chi connectivity index (χ0n) is 11.5.